The predicted octanol–water partition coefficient (Wildman–Crippen LogP) is 2.93. The third-order valence-electron chi connectivity index (χ3n) is 5.48. The van der Waals surface area contributed by atoms with Crippen molar-refractivity contribution in [2.45, 2.75) is 32.9 Å². The zero-order valence-corrected chi connectivity index (χ0v) is 22.4. The number of sulfonamides is 1. The van der Waals surface area contributed by atoms with Crippen LogP contribution < -0.4 is 19.1 Å². The molecule has 2 amide bonds. The van der Waals surface area contributed by atoms with Crippen molar-refractivity contribution in [3.63, 3.8) is 0 Å². The van der Waals surface area contributed by atoms with Gasteiger partial charge >= 0.3 is 0 Å². The molecule has 1 N–H and O–H groups in total. The normalized spacial score (nSPS) is 13.6. The second-order valence-electron chi connectivity index (χ2n) is 8.21. The summed E-state index contributed by atoms with van der Waals surface area (Å²) >= 11 is 3.39. The Morgan fingerprint density at radius 3 is 2.37 bits per heavy atom. The fourth-order valence-corrected chi connectivity index (χ4v) is 4.67. The summed E-state index contributed by atoms with van der Waals surface area (Å²) in [6, 6.07) is 11.3. The molecule has 1 aliphatic rings. The van der Waals surface area contributed by atoms with Crippen LogP contribution in [0.2, 0.25) is 0 Å². The van der Waals surface area contributed by atoms with Gasteiger partial charge in [-0.15, -0.1) is 0 Å². The van der Waals surface area contributed by atoms with Gasteiger partial charge in [-0.2, -0.15) is 0 Å². The monoisotopic (exact) mass is 567 g/mol. The van der Waals surface area contributed by atoms with E-state index in [0.29, 0.717) is 31.3 Å². The molecule has 0 saturated heterocycles. The van der Waals surface area contributed by atoms with Crippen LogP contribution in [-0.2, 0) is 26.2 Å². The Labute approximate surface area is 214 Å². The highest BCUT2D eigenvalue weighted by Crippen LogP contribution is 2.34. The fourth-order valence-electron chi connectivity index (χ4n) is 3.57. The van der Waals surface area contributed by atoms with Gasteiger partial charge in [0, 0.05) is 23.6 Å². The van der Waals surface area contributed by atoms with Gasteiger partial charge in [0.05, 0.1) is 11.9 Å². The lowest BCUT2D eigenvalue weighted by Crippen LogP contribution is -2.51. The Balaban J connectivity index is 1.90. The summed E-state index contributed by atoms with van der Waals surface area (Å²) in [5, 5.41) is 2.81. The SMILES string of the molecule is CCCNC(=O)[C@@H](C)N(Cc1ccc(Br)cc1)C(=O)CN(c1ccc2c(c1)OCCO2)S(C)(=O)=O. The minimum Gasteiger partial charge on any atom is -0.486 e. The van der Waals surface area contributed by atoms with Crippen LogP contribution in [-0.4, -0.2) is 63.7 Å². The van der Waals surface area contributed by atoms with Gasteiger partial charge in [0.2, 0.25) is 21.8 Å². The number of nitrogens with one attached hydrogen (secondary N) is 1. The van der Waals surface area contributed by atoms with Gasteiger partial charge in [0.15, 0.2) is 11.5 Å². The van der Waals surface area contributed by atoms with Crippen LogP contribution in [0.25, 0.3) is 0 Å². The first-order valence-corrected chi connectivity index (χ1v) is 13.9. The molecule has 0 radical (unpaired) electrons. The van der Waals surface area contributed by atoms with Crippen LogP contribution in [0.5, 0.6) is 11.5 Å². The summed E-state index contributed by atoms with van der Waals surface area (Å²) in [5.74, 6) is 0.113. The van der Waals surface area contributed by atoms with Gasteiger partial charge in [-0.1, -0.05) is 35.0 Å². The number of amides is 2. The van der Waals surface area contributed by atoms with Crippen LogP contribution in [0.4, 0.5) is 5.69 Å². The van der Waals surface area contributed by atoms with E-state index in [1.807, 2.05) is 31.2 Å². The molecule has 0 aliphatic carbocycles. The molecule has 1 heterocycles. The van der Waals surface area contributed by atoms with Crippen LogP contribution in [0.15, 0.2) is 46.9 Å². The number of anilines is 1. The Bertz CT molecular complexity index is 1160. The van der Waals surface area contributed by atoms with Gasteiger partial charge in [-0.25, -0.2) is 8.42 Å². The Morgan fingerprint density at radius 2 is 1.74 bits per heavy atom. The van der Waals surface area contributed by atoms with Crippen LogP contribution in [0, 0.1) is 0 Å². The lowest BCUT2D eigenvalue weighted by atomic mass is 10.1. The number of halogens is 1. The summed E-state index contributed by atoms with van der Waals surface area (Å²) in [7, 11) is -3.83. The fraction of sp³-hybridized carbons (Fsp3) is 0.417. The molecular formula is C24H30BrN3O6S. The molecule has 1 atom stereocenters. The first kappa shape index (κ1) is 26.8. The van der Waals surface area contributed by atoms with Crippen molar-refractivity contribution in [1.29, 1.82) is 0 Å². The van der Waals surface area contributed by atoms with Gasteiger partial charge in [-0.05, 0) is 43.2 Å². The zero-order chi connectivity index (χ0) is 25.6. The van der Waals surface area contributed by atoms with Crippen molar-refractivity contribution >= 4 is 43.5 Å². The van der Waals surface area contributed by atoms with Crippen molar-refractivity contribution in [1.82, 2.24) is 10.2 Å². The maximum Gasteiger partial charge on any atom is 0.244 e. The average molecular weight is 568 g/mol. The molecule has 3 rings (SSSR count). The third kappa shape index (κ3) is 7.11. The number of hydrogen-bond acceptors (Lipinski definition) is 6. The predicted molar refractivity (Wildman–Crippen MR) is 137 cm³/mol. The van der Waals surface area contributed by atoms with Crippen molar-refractivity contribution < 1.29 is 27.5 Å². The van der Waals surface area contributed by atoms with Gasteiger partial charge in [-0.3, -0.25) is 13.9 Å². The highest BCUT2D eigenvalue weighted by molar-refractivity contribution is 9.10. The standard InChI is InChI=1S/C24H30BrN3O6S/c1-4-11-26-24(30)17(2)27(15-18-5-7-19(25)8-6-18)23(29)16-28(35(3,31)32)20-9-10-21-22(14-20)34-13-12-33-21/h5-10,14,17H,4,11-13,15-16H2,1-3H3,(H,26,30)/t17-/m1/s1. The minimum atomic E-state index is -3.83. The van der Waals surface area contributed by atoms with Gasteiger partial charge < -0.3 is 19.7 Å². The quantitative estimate of drug-likeness (QED) is 0.473. The molecule has 0 saturated carbocycles. The van der Waals surface area contributed by atoms with E-state index < -0.39 is 28.5 Å². The van der Waals surface area contributed by atoms with Crippen molar-refractivity contribution in [2.24, 2.45) is 0 Å². The molecule has 35 heavy (non-hydrogen) atoms. The lowest BCUT2D eigenvalue weighted by Gasteiger charge is -2.31. The van der Waals surface area contributed by atoms with Crippen LogP contribution in [0.3, 0.4) is 0 Å². The largest absolute Gasteiger partial charge is 0.486 e. The maximum absolute atomic E-state index is 13.5. The van der Waals surface area contributed by atoms with E-state index in [2.05, 4.69) is 21.2 Å². The molecule has 11 heteroatoms. The van der Waals surface area contributed by atoms with Gasteiger partial charge in [0.1, 0.15) is 25.8 Å². The summed E-state index contributed by atoms with van der Waals surface area (Å²) < 4.78 is 38.4. The second-order valence-corrected chi connectivity index (χ2v) is 11.0. The Hall–Kier alpha value is -2.79. The zero-order valence-electron chi connectivity index (χ0n) is 20.0. The van der Waals surface area contributed by atoms with Crippen LogP contribution in [0.1, 0.15) is 25.8 Å². The molecule has 0 fully saturated rings. The molecule has 0 unspecified atom stereocenters. The third-order valence-corrected chi connectivity index (χ3v) is 7.14. The average Bonchev–Trinajstić information content (AvgIpc) is 2.83. The van der Waals surface area contributed by atoms with Gasteiger partial charge in [0.25, 0.3) is 0 Å². The van der Waals surface area contributed by atoms with Crippen molar-refractivity contribution in [3.8, 4) is 11.5 Å². The molecule has 0 spiro atoms. The smallest absolute Gasteiger partial charge is 0.244 e. The topological polar surface area (TPSA) is 105 Å². The van der Waals surface area contributed by atoms with E-state index >= 15 is 0 Å². The molecule has 0 bridgehead atoms. The summed E-state index contributed by atoms with van der Waals surface area (Å²) in [6.45, 7) is 4.48. The summed E-state index contributed by atoms with van der Waals surface area (Å²) in [6.07, 6.45) is 1.79. The lowest BCUT2D eigenvalue weighted by molar-refractivity contribution is -0.139. The van der Waals surface area contributed by atoms with E-state index in [0.717, 1.165) is 27.0 Å². The van der Waals surface area contributed by atoms with Crippen molar-refractivity contribution in [3.05, 3.63) is 52.5 Å². The first-order valence-electron chi connectivity index (χ1n) is 11.3. The molecule has 2 aromatic carbocycles. The van der Waals surface area contributed by atoms with E-state index in [1.54, 1.807) is 25.1 Å². The summed E-state index contributed by atoms with van der Waals surface area (Å²) in [4.78, 5) is 27.7. The van der Waals surface area contributed by atoms with E-state index in [9.17, 15) is 18.0 Å². The molecular weight excluding hydrogens is 538 g/mol. The number of ether oxygens (including phenoxy) is 2. The number of hydrogen-bond donors (Lipinski definition) is 1. The van der Waals surface area contributed by atoms with Crippen molar-refractivity contribution in [2.75, 3.05) is 36.9 Å². The number of benzene rings is 2. The number of fused-ring (bicyclic) bond motifs is 1. The number of rotatable bonds is 10. The first-order chi connectivity index (χ1) is 16.6. The molecule has 2 aromatic rings. The van der Waals surface area contributed by atoms with E-state index in [-0.39, 0.29) is 18.1 Å². The number of carbonyl (C=O) groups excluding carboxylic acids is 2. The second kappa shape index (κ2) is 11.8. The van der Waals surface area contributed by atoms with Crippen LogP contribution >= 0.6 is 15.9 Å². The molecule has 1 aliphatic heterocycles. The minimum absolute atomic E-state index is 0.144. The Kier molecular flexibility index (Phi) is 9.01. The number of carbonyl (C=O) groups is 2. The van der Waals surface area contributed by atoms with E-state index in [4.69, 9.17) is 9.47 Å². The molecule has 9 nitrogen and oxygen atoms in total. The highest BCUT2D eigenvalue weighted by Gasteiger charge is 2.30. The highest BCUT2D eigenvalue weighted by atomic mass is 79.9. The Morgan fingerprint density at radius 1 is 1.09 bits per heavy atom. The van der Waals surface area contributed by atoms with E-state index in [1.165, 1.54) is 4.90 Å². The molecule has 0 aromatic heterocycles. The summed E-state index contributed by atoms with van der Waals surface area (Å²) in [5.41, 5.74) is 1.08. The maximum atomic E-state index is 13.5. The molecule has 190 valence electrons. The number of nitrogens with zero attached hydrogens (tertiary/aromatic N) is 2.